The fourth-order valence-electron chi connectivity index (χ4n) is 4.50. The van der Waals surface area contributed by atoms with Gasteiger partial charge >= 0.3 is 6.03 Å². The quantitative estimate of drug-likeness (QED) is 0.818. The van der Waals surface area contributed by atoms with Gasteiger partial charge in [0.05, 0.1) is 13.1 Å². The van der Waals surface area contributed by atoms with E-state index in [4.69, 9.17) is 0 Å². The summed E-state index contributed by atoms with van der Waals surface area (Å²) in [5.41, 5.74) is 3.99. The predicted molar refractivity (Wildman–Crippen MR) is 115 cm³/mol. The summed E-state index contributed by atoms with van der Waals surface area (Å²) in [5, 5.41) is 5.06. The van der Waals surface area contributed by atoms with Crippen LogP contribution in [-0.4, -0.2) is 65.5 Å². The zero-order valence-corrected chi connectivity index (χ0v) is 17.3. The Kier molecular flexibility index (Phi) is 5.07. The summed E-state index contributed by atoms with van der Waals surface area (Å²) in [6.07, 6.45) is 0.200. The van der Waals surface area contributed by atoms with Crippen LogP contribution in [0.5, 0.6) is 0 Å². The minimum Gasteiger partial charge on any atom is -0.369 e. The lowest BCUT2D eigenvalue weighted by Gasteiger charge is -2.36. The number of benzene rings is 2. The Hall–Kier alpha value is -3.39. The predicted octanol–water partition coefficient (Wildman–Crippen LogP) is 1.82. The van der Waals surface area contributed by atoms with Gasteiger partial charge in [-0.05, 0) is 29.3 Å². The van der Waals surface area contributed by atoms with Gasteiger partial charge < -0.3 is 4.90 Å². The molecule has 4 amide bonds. The Morgan fingerprint density at radius 2 is 1.61 bits per heavy atom. The van der Waals surface area contributed by atoms with E-state index in [1.165, 1.54) is 21.3 Å². The second-order valence-corrected chi connectivity index (χ2v) is 8.18. The van der Waals surface area contributed by atoms with Crippen molar-refractivity contribution in [3.63, 3.8) is 0 Å². The highest BCUT2D eigenvalue weighted by molar-refractivity contribution is 6.01. The van der Waals surface area contributed by atoms with Gasteiger partial charge in [0.25, 0.3) is 5.91 Å². The molecule has 0 spiro atoms. The van der Waals surface area contributed by atoms with Crippen LogP contribution >= 0.6 is 0 Å². The van der Waals surface area contributed by atoms with Gasteiger partial charge in [0.1, 0.15) is 0 Å². The van der Waals surface area contributed by atoms with Crippen LogP contribution in [0.3, 0.4) is 0 Å². The highest BCUT2D eigenvalue weighted by Gasteiger charge is 2.36. The second-order valence-electron chi connectivity index (χ2n) is 8.18. The summed E-state index contributed by atoms with van der Waals surface area (Å²) >= 11 is 0. The molecule has 8 nitrogen and oxygen atoms in total. The lowest BCUT2D eigenvalue weighted by Crippen LogP contribution is -2.56. The average Bonchev–Trinajstić information content (AvgIpc) is 3.10. The number of piperazine rings is 1. The summed E-state index contributed by atoms with van der Waals surface area (Å²) in [7, 11) is 0. The largest absolute Gasteiger partial charge is 0.369 e. The fourth-order valence-corrected chi connectivity index (χ4v) is 4.50. The lowest BCUT2D eigenvalue weighted by atomic mass is 10.1. The first-order valence-electron chi connectivity index (χ1n) is 10.7. The molecule has 0 saturated carbocycles. The molecule has 3 aliphatic rings. The molecule has 1 N–H and O–H groups in total. The van der Waals surface area contributed by atoms with Gasteiger partial charge in [-0.15, -0.1) is 0 Å². The Morgan fingerprint density at radius 1 is 0.839 bits per heavy atom. The maximum atomic E-state index is 12.8. The zero-order valence-electron chi connectivity index (χ0n) is 17.3. The van der Waals surface area contributed by atoms with Crippen molar-refractivity contribution in [3.8, 4) is 0 Å². The van der Waals surface area contributed by atoms with E-state index in [2.05, 4.69) is 45.4 Å². The van der Waals surface area contributed by atoms with Crippen LogP contribution in [-0.2, 0) is 17.9 Å². The average molecular weight is 419 g/mol. The molecule has 3 heterocycles. The summed E-state index contributed by atoms with van der Waals surface area (Å²) in [4.78, 5) is 41.2. The number of nitrogens with zero attached hydrogens (tertiary/aromatic N) is 4. The Morgan fingerprint density at radius 3 is 2.35 bits per heavy atom. The number of hydrogen-bond donors (Lipinski definition) is 1. The molecule has 0 radical (unpaired) electrons. The number of rotatable bonds is 4. The van der Waals surface area contributed by atoms with E-state index in [0.717, 1.165) is 38.3 Å². The van der Waals surface area contributed by atoms with E-state index in [0.29, 0.717) is 12.1 Å². The standard InChI is InChI=1S/C23H25N5O3/c29-21-8-9-27(23(31)24-21)28-16-18-14-17(6-7-20(18)22(28)30)15-25-10-12-26(13-11-25)19-4-2-1-3-5-19/h1-7,14H,8-13,15-16H2,(H,24,29,31). The number of hydrazine groups is 1. The van der Waals surface area contributed by atoms with Crippen LogP contribution in [0.4, 0.5) is 10.5 Å². The first-order valence-corrected chi connectivity index (χ1v) is 10.7. The minimum atomic E-state index is -0.533. The van der Waals surface area contributed by atoms with Crippen molar-refractivity contribution in [1.82, 2.24) is 20.2 Å². The number of fused-ring (bicyclic) bond motifs is 1. The molecule has 0 aromatic heterocycles. The van der Waals surface area contributed by atoms with E-state index in [1.807, 2.05) is 18.2 Å². The number of carbonyl (C=O) groups is 3. The van der Waals surface area contributed by atoms with Crippen LogP contribution in [0.1, 0.15) is 27.9 Å². The van der Waals surface area contributed by atoms with Crippen molar-refractivity contribution < 1.29 is 14.4 Å². The summed E-state index contributed by atoms with van der Waals surface area (Å²) in [5.74, 6) is -0.498. The van der Waals surface area contributed by atoms with Gasteiger partial charge in [0.2, 0.25) is 5.91 Å². The molecule has 2 aromatic carbocycles. The third-order valence-corrected chi connectivity index (χ3v) is 6.18. The number of para-hydroxylation sites is 1. The molecule has 2 aromatic rings. The van der Waals surface area contributed by atoms with Crippen LogP contribution < -0.4 is 10.2 Å². The molecule has 31 heavy (non-hydrogen) atoms. The van der Waals surface area contributed by atoms with E-state index in [1.54, 1.807) is 0 Å². The van der Waals surface area contributed by atoms with E-state index in [-0.39, 0.29) is 24.8 Å². The summed E-state index contributed by atoms with van der Waals surface area (Å²) in [6.45, 7) is 5.36. The van der Waals surface area contributed by atoms with E-state index >= 15 is 0 Å². The number of nitrogens with one attached hydrogen (secondary N) is 1. The number of anilines is 1. The molecule has 0 unspecified atom stereocenters. The van der Waals surface area contributed by atoms with Crippen LogP contribution in [0, 0.1) is 0 Å². The molecule has 5 rings (SSSR count). The maximum absolute atomic E-state index is 12.8. The van der Waals surface area contributed by atoms with Crippen molar-refractivity contribution in [3.05, 3.63) is 65.2 Å². The van der Waals surface area contributed by atoms with Crippen molar-refractivity contribution in [2.45, 2.75) is 19.5 Å². The van der Waals surface area contributed by atoms with Crippen LogP contribution in [0.25, 0.3) is 0 Å². The smallest absolute Gasteiger partial charge is 0.342 e. The van der Waals surface area contributed by atoms with Crippen LogP contribution in [0.15, 0.2) is 48.5 Å². The first-order chi connectivity index (χ1) is 15.1. The molecule has 8 heteroatoms. The molecule has 0 atom stereocenters. The third-order valence-electron chi connectivity index (χ3n) is 6.18. The monoisotopic (exact) mass is 419 g/mol. The summed E-state index contributed by atoms with van der Waals surface area (Å²) in [6, 6.07) is 15.9. The number of hydrogen-bond acceptors (Lipinski definition) is 5. The number of imide groups is 1. The SMILES string of the molecule is O=C1CCN(N2Cc3cc(CN4CCN(c5ccccc5)CC4)ccc3C2=O)C(=O)N1. The Labute approximate surface area is 181 Å². The van der Waals surface area contributed by atoms with Gasteiger partial charge in [-0.2, -0.15) is 0 Å². The van der Waals surface area contributed by atoms with Gasteiger partial charge in [0, 0.05) is 50.4 Å². The van der Waals surface area contributed by atoms with Gasteiger partial charge in [0.15, 0.2) is 0 Å². The highest BCUT2D eigenvalue weighted by atomic mass is 16.2. The number of urea groups is 1. The first kappa shape index (κ1) is 19.6. The Balaban J connectivity index is 1.22. The molecular formula is C23H25N5O3. The number of carbonyl (C=O) groups excluding carboxylic acids is 3. The van der Waals surface area contributed by atoms with Crippen LogP contribution in [0.2, 0.25) is 0 Å². The van der Waals surface area contributed by atoms with Gasteiger partial charge in [-0.3, -0.25) is 19.8 Å². The Bertz CT molecular complexity index is 1020. The molecule has 2 fully saturated rings. The van der Waals surface area contributed by atoms with Crippen molar-refractivity contribution in [2.24, 2.45) is 0 Å². The second kappa shape index (κ2) is 8.03. The maximum Gasteiger partial charge on any atom is 0.342 e. The van der Waals surface area contributed by atoms with Crippen molar-refractivity contribution in [2.75, 3.05) is 37.6 Å². The van der Waals surface area contributed by atoms with Crippen molar-refractivity contribution >= 4 is 23.5 Å². The van der Waals surface area contributed by atoms with E-state index in [9.17, 15) is 14.4 Å². The highest BCUT2D eigenvalue weighted by Crippen LogP contribution is 2.27. The molecular weight excluding hydrogens is 394 g/mol. The van der Waals surface area contributed by atoms with Gasteiger partial charge in [-0.25, -0.2) is 14.8 Å². The summed E-state index contributed by atoms with van der Waals surface area (Å²) < 4.78 is 0. The number of amides is 4. The van der Waals surface area contributed by atoms with Crippen molar-refractivity contribution in [1.29, 1.82) is 0 Å². The molecule has 0 aliphatic carbocycles. The topological polar surface area (TPSA) is 76.2 Å². The lowest BCUT2D eigenvalue weighted by molar-refractivity contribution is -0.123. The normalized spacial score (nSPS) is 19.6. The zero-order chi connectivity index (χ0) is 21.4. The molecule has 160 valence electrons. The third kappa shape index (κ3) is 3.86. The van der Waals surface area contributed by atoms with E-state index < -0.39 is 6.03 Å². The fraction of sp³-hybridized carbons (Fsp3) is 0.348. The molecule has 2 saturated heterocycles. The minimum absolute atomic E-state index is 0.192. The molecule has 0 bridgehead atoms. The van der Waals surface area contributed by atoms with Gasteiger partial charge in [-0.1, -0.05) is 30.3 Å². The molecule has 3 aliphatic heterocycles.